The lowest BCUT2D eigenvalue weighted by atomic mass is 10.1. The van der Waals surface area contributed by atoms with Crippen LogP contribution < -0.4 is 10.8 Å². The van der Waals surface area contributed by atoms with Crippen molar-refractivity contribution in [2.24, 2.45) is 4.99 Å². The molecule has 27 heavy (non-hydrogen) atoms. The Morgan fingerprint density at radius 3 is 2.56 bits per heavy atom. The lowest BCUT2D eigenvalue weighted by Crippen LogP contribution is -2.38. The SMILES string of the molecule is CNC(=O)c1nc2cc(C)c(C)cc2n(CCN2CCCCC2)c1=NC=O. The van der Waals surface area contributed by atoms with Crippen molar-refractivity contribution < 1.29 is 9.59 Å². The van der Waals surface area contributed by atoms with E-state index in [4.69, 9.17) is 0 Å². The Morgan fingerprint density at radius 1 is 1.19 bits per heavy atom. The molecule has 1 aliphatic heterocycles. The number of aryl methyl sites for hydroxylation is 2. The molecule has 0 atom stereocenters. The van der Waals surface area contributed by atoms with Gasteiger partial charge in [-0.2, -0.15) is 4.99 Å². The second kappa shape index (κ2) is 8.43. The minimum Gasteiger partial charge on any atom is -0.354 e. The fraction of sp³-hybridized carbons (Fsp3) is 0.500. The van der Waals surface area contributed by atoms with E-state index in [0.717, 1.165) is 41.8 Å². The van der Waals surface area contributed by atoms with Crippen molar-refractivity contribution in [1.82, 2.24) is 19.8 Å². The van der Waals surface area contributed by atoms with E-state index in [1.54, 1.807) is 7.05 Å². The van der Waals surface area contributed by atoms with E-state index >= 15 is 0 Å². The maximum Gasteiger partial charge on any atom is 0.273 e. The summed E-state index contributed by atoms with van der Waals surface area (Å²) in [4.78, 5) is 34.5. The molecule has 3 rings (SSSR count). The van der Waals surface area contributed by atoms with Crippen LogP contribution in [0.1, 0.15) is 40.9 Å². The van der Waals surface area contributed by atoms with Crippen LogP contribution in [0.4, 0.5) is 0 Å². The van der Waals surface area contributed by atoms with Crippen LogP contribution >= 0.6 is 0 Å². The molecule has 0 bridgehead atoms. The van der Waals surface area contributed by atoms with E-state index in [-0.39, 0.29) is 11.6 Å². The van der Waals surface area contributed by atoms with Gasteiger partial charge in [-0.05, 0) is 63.0 Å². The van der Waals surface area contributed by atoms with Crippen LogP contribution in [0.5, 0.6) is 0 Å². The van der Waals surface area contributed by atoms with Gasteiger partial charge in [0.15, 0.2) is 11.2 Å². The topological polar surface area (TPSA) is 79.6 Å². The summed E-state index contributed by atoms with van der Waals surface area (Å²) in [5, 5.41) is 2.60. The minimum absolute atomic E-state index is 0.180. The molecule has 1 aliphatic rings. The standard InChI is InChI=1S/C20H27N5O2/c1-14-11-16-17(12-15(14)2)25(10-9-24-7-5-4-6-8-24)19(22-13-26)18(23-16)20(27)21-3/h11-13H,4-10H2,1-3H3,(H,21,27). The van der Waals surface area contributed by atoms with Crippen LogP contribution in [-0.2, 0) is 11.3 Å². The number of aromatic nitrogens is 2. The highest BCUT2D eigenvalue weighted by Crippen LogP contribution is 2.18. The predicted octanol–water partition coefficient (Wildman–Crippen LogP) is 1.56. The van der Waals surface area contributed by atoms with E-state index in [0.29, 0.717) is 18.4 Å². The molecule has 1 saturated heterocycles. The third-order valence-electron chi connectivity index (χ3n) is 5.29. The van der Waals surface area contributed by atoms with Gasteiger partial charge < -0.3 is 14.8 Å². The summed E-state index contributed by atoms with van der Waals surface area (Å²) in [5.74, 6) is -0.345. The molecule has 2 heterocycles. The van der Waals surface area contributed by atoms with Gasteiger partial charge in [-0.3, -0.25) is 9.59 Å². The highest BCUT2D eigenvalue weighted by atomic mass is 16.2. The summed E-state index contributed by atoms with van der Waals surface area (Å²) >= 11 is 0. The van der Waals surface area contributed by atoms with E-state index in [1.807, 2.05) is 24.5 Å². The van der Waals surface area contributed by atoms with Gasteiger partial charge in [0.05, 0.1) is 11.0 Å². The number of nitrogens with zero attached hydrogens (tertiary/aromatic N) is 4. The summed E-state index contributed by atoms with van der Waals surface area (Å²) in [6.07, 6.45) is 4.20. The van der Waals surface area contributed by atoms with Crippen LogP contribution in [0.3, 0.4) is 0 Å². The highest BCUT2D eigenvalue weighted by molar-refractivity contribution is 5.93. The van der Waals surface area contributed by atoms with Crippen molar-refractivity contribution in [3.63, 3.8) is 0 Å². The summed E-state index contributed by atoms with van der Waals surface area (Å²) in [6.45, 7) is 7.75. The smallest absolute Gasteiger partial charge is 0.273 e. The van der Waals surface area contributed by atoms with Crippen molar-refractivity contribution in [3.05, 3.63) is 34.4 Å². The molecule has 2 aromatic rings. The van der Waals surface area contributed by atoms with Gasteiger partial charge >= 0.3 is 0 Å². The van der Waals surface area contributed by atoms with Crippen molar-refractivity contribution in [3.8, 4) is 0 Å². The number of carbonyl (C=O) groups excluding carboxylic acids is 2. The number of benzene rings is 1. The van der Waals surface area contributed by atoms with Crippen LogP contribution in [0.15, 0.2) is 17.1 Å². The van der Waals surface area contributed by atoms with Crippen LogP contribution in [0, 0.1) is 13.8 Å². The fourth-order valence-electron chi connectivity index (χ4n) is 3.61. The summed E-state index contributed by atoms with van der Waals surface area (Å²) in [5.41, 5.74) is 4.38. The Hall–Kier alpha value is -2.54. The van der Waals surface area contributed by atoms with Gasteiger partial charge in [0.25, 0.3) is 5.91 Å². The minimum atomic E-state index is -0.345. The molecule has 0 unspecified atom stereocenters. The largest absolute Gasteiger partial charge is 0.354 e. The van der Waals surface area contributed by atoms with Crippen LogP contribution in [0.2, 0.25) is 0 Å². The highest BCUT2D eigenvalue weighted by Gasteiger charge is 2.17. The molecule has 0 saturated carbocycles. The molecule has 1 N–H and O–H groups in total. The van der Waals surface area contributed by atoms with Crippen LogP contribution in [-0.4, -0.2) is 53.5 Å². The zero-order chi connectivity index (χ0) is 19.4. The van der Waals surface area contributed by atoms with Gasteiger partial charge in [-0.1, -0.05) is 6.42 Å². The maximum absolute atomic E-state index is 12.4. The molecular formula is C20H27N5O2. The molecule has 0 radical (unpaired) electrons. The zero-order valence-electron chi connectivity index (χ0n) is 16.3. The number of nitrogens with one attached hydrogen (secondary N) is 1. The van der Waals surface area contributed by atoms with Crippen molar-refractivity contribution >= 4 is 23.4 Å². The number of piperidine rings is 1. The first-order chi connectivity index (χ1) is 13.0. The molecule has 1 aromatic heterocycles. The lowest BCUT2D eigenvalue weighted by molar-refractivity contribution is -0.107. The molecule has 1 aromatic carbocycles. The van der Waals surface area contributed by atoms with E-state index in [1.165, 1.54) is 19.3 Å². The molecule has 0 spiro atoms. The Morgan fingerprint density at radius 2 is 1.89 bits per heavy atom. The third-order valence-corrected chi connectivity index (χ3v) is 5.29. The predicted molar refractivity (Wildman–Crippen MR) is 105 cm³/mol. The Kier molecular flexibility index (Phi) is 6.01. The van der Waals surface area contributed by atoms with Crippen molar-refractivity contribution in [1.29, 1.82) is 0 Å². The number of rotatable bonds is 5. The number of amides is 2. The number of fused-ring (bicyclic) bond motifs is 1. The van der Waals surface area contributed by atoms with Gasteiger partial charge in [-0.15, -0.1) is 0 Å². The third kappa shape index (κ3) is 4.08. The molecule has 1 fully saturated rings. The summed E-state index contributed by atoms with van der Waals surface area (Å²) in [6, 6.07) is 4.05. The van der Waals surface area contributed by atoms with E-state index < -0.39 is 0 Å². The quantitative estimate of drug-likeness (QED) is 0.811. The first kappa shape index (κ1) is 19.2. The Bertz CT molecular complexity index is 926. The van der Waals surface area contributed by atoms with E-state index in [2.05, 4.69) is 26.3 Å². The number of hydrogen-bond acceptors (Lipinski definition) is 4. The molecular weight excluding hydrogens is 342 g/mol. The molecule has 0 aliphatic carbocycles. The average molecular weight is 369 g/mol. The van der Waals surface area contributed by atoms with E-state index in [9.17, 15) is 9.59 Å². The zero-order valence-corrected chi connectivity index (χ0v) is 16.3. The van der Waals surface area contributed by atoms with Gasteiger partial charge in [0, 0.05) is 20.1 Å². The summed E-state index contributed by atoms with van der Waals surface area (Å²) < 4.78 is 1.96. The van der Waals surface area contributed by atoms with Gasteiger partial charge in [0.1, 0.15) is 0 Å². The van der Waals surface area contributed by atoms with Crippen LogP contribution in [0.25, 0.3) is 11.0 Å². The molecule has 2 amide bonds. The first-order valence-corrected chi connectivity index (χ1v) is 9.49. The number of likely N-dealkylation sites (tertiary alicyclic amines) is 1. The lowest BCUT2D eigenvalue weighted by Gasteiger charge is -2.27. The summed E-state index contributed by atoms with van der Waals surface area (Å²) in [7, 11) is 1.55. The number of carbonyl (C=O) groups is 2. The Balaban J connectivity index is 2.17. The molecule has 7 nitrogen and oxygen atoms in total. The molecule has 7 heteroatoms. The van der Waals surface area contributed by atoms with Gasteiger partial charge in [-0.25, -0.2) is 4.98 Å². The fourth-order valence-corrected chi connectivity index (χ4v) is 3.61. The maximum atomic E-state index is 12.4. The second-order valence-electron chi connectivity index (χ2n) is 7.08. The molecule has 144 valence electrons. The van der Waals surface area contributed by atoms with Crippen molar-refractivity contribution in [2.45, 2.75) is 39.7 Å². The monoisotopic (exact) mass is 369 g/mol. The first-order valence-electron chi connectivity index (χ1n) is 9.49. The number of hydrogen-bond donors (Lipinski definition) is 1. The second-order valence-corrected chi connectivity index (χ2v) is 7.08. The Labute approximate surface area is 159 Å². The van der Waals surface area contributed by atoms with Crippen molar-refractivity contribution in [2.75, 3.05) is 26.7 Å². The normalized spacial score (nSPS) is 15.9. The van der Waals surface area contributed by atoms with Gasteiger partial charge in [0.2, 0.25) is 6.41 Å². The average Bonchev–Trinajstić information content (AvgIpc) is 2.68.